The van der Waals surface area contributed by atoms with Gasteiger partial charge < -0.3 is 10.3 Å². The molecular weight excluding hydrogens is 214 g/mol. The van der Waals surface area contributed by atoms with Crippen molar-refractivity contribution in [2.75, 3.05) is 0 Å². The summed E-state index contributed by atoms with van der Waals surface area (Å²) < 4.78 is 5.21. The quantitative estimate of drug-likeness (QED) is 0.872. The molecule has 1 aliphatic rings. The van der Waals surface area contributed by atoms with Crippen molar-refractivity contribution in [3.05, 3.63) is 47.6 Å². The van der Waals surface area contributed by atoms with Gasteiger partial charge in [0.05, 0.1) is 6.04 Å². The van der Waals surface area contributed by atoms with E-state index in [2.05, 4.69) is 22.3 Å². The first-order chi connectivity index (χ1) is 8.33. The highest BCUT2D eigenvalue weighted by atomic mass is 16.5. The smallest absolute Gasteiger partial charge is 0.243 e. The lowest BCUT2D eigenvalue weighted by molar-refractivity contribution is 0.350. The second-order valence-corrected chi connectivity index (χ2v) is 4.56. The van der Waals surface area contributed by atoms with Crippen molar-refractivity contribution in [1.82, 2.24) is 10.1 Å². The van der Waals surface area contributed by atoms with E-state index in [0.29, 0.717) is 11.8 Å². The first-order valence-electron chi connectivity index (χ1n) is 5.96. The Morgan fingerprint density at radius 1 is 1.29 bits per heavy atom. The Balaban J connectivity index is 1.70. The summed E-state index contributed by atoms with van der Waals surface area (Å²) in [6.07, 6.45) is 3.08. The van der Waals surface area contributed by atoms with E-state index in [4.69, 9.17) is 10.3 Å². The molecule has 0 saturated heterocycles. The summed E-state index contributed by atoms with van der Waals surface area (Å²) in [5, 5.41) is 3.97. The molecule has 1 atom stereocenters. The lowest BCUT2D eigenvalue weighted by atomic mass is 10.1. The minimum absolute atomic E-state index is 0.211. The van der Waals surface area contributed by atoms with Gasteiger partial charge in [0.1, 0.15) is 0 Å². The van der Waals surface area contributed by atoms with Crippen molar-refractivity contribution in [1.29, 1.82) is 0 Å². The van der Waals surface area contributed by atoms with Crippen LogP contribution in [0.1, 0.15) is 42.1 Å². The Hall–Kier alpha value is -1.68. The third-order valence-corrected chi connectivity index (χ3v) is 3.02. The van der Waals surface area contributed by atoms with E-state index in [1.54, 1.807) is 0 Å². The average molecular weight is 229 g/mol. The van der Waals surface area contributed by atoms with E-state index in [-0.39, 0.29) is 6.04 Å². The van der Waals surface area contributed by atoms with Crippen LogP contribution in [0, 0.1) is 0 Å². The van der Waals surface area contributed by atoms with E-state index in [9.17, 15) is 0 Å². The van der Waals surface area contributed by atoms with Gasteiger partial charge in [-0.3, -0.25) is 0 Å². The van der Waals surface area contributed by atoms with Crippen LogP contribution in [-0.2, 0) is 6.42 Å². The lowest BCUT2D eigenvalue weighted by Gasteiger charge is -2.05. The SMILES string of the molecule is N[C@H](Cc1ccccc1)c1nc(C2CC2)no1. The Bertz CT molecular complexity index is 490. The first kappa shape index (κ1) is 10.5. The summed E-state index contributed by atoms with van der Waals surface area (Å²) in [6, 6.07) is 9.90. The zero-order chi connectivity index (χ0) is 11.7. The van der Waals surface area contributed by atoms with Crippen molar-refractivity contribution in [3.8, 4) is 0 Å². The molecule has 0 unspecified atom stereocenters. The Morgan fingerprint density at radius 3 is 2.76 bits per heavy atom. The molecule has 4 heteroatoms. The fourth-order valence-electron chi connectivity index (χ4n) is 1.86. The fraction of sp³-hybridized carbons (Fsp3) is 0.385. The molecule has 0 radical (unpaired) electrons. The van der Waals surface area contributed by atoms with Crippen LogP contribution in [0.15, 0.2) is 34.9 Å². The number of nitrogens with zero attached hydrogens (tertiary/aromatic N) is 2. The summed E-state index contributed by atoms with van der Waals surface area (Å²) in [5.74, 6) is 1.88. The van der Waals surface area contributed by atoms with Crippen LogP contribution in [0.3, 0.4) is 0 Å². The summed E-state index contributed by atoms with van der Waals surface area (Å²) in [6.45, 7) is 0. The highest BCUT2D eigenvalue weighted by Gasteiger charge is 2.29. The van der Waals surface area contributed by atoms with E-state index in [0.717, 1.165) is 12.2 Å². The van der Waals surface area contributed by atoms with Gasteiger partial charge in [-0.1, -0.05) is 35.5 Å². The topological polar surface area (TPSA) is 64.9 Å². The van der Waals surface area contributed by atoms with Gasteiger partial charge in [0.15, 0.2) is 5.82 Å². The summed E-state index contributed by atoms with van der Waals surface area (Å²) in [7, 11) is 0. The van der Waals surface area contributed by atoms with Gasteiger partial charge in [-0.05, 0) is 24.8 Å². The summed E-state index contributed by atoms with van der Waals surface area (Å²) in [5.41, 5.74) is 7.25. The molecule has 2 aromatic rings. The molecule has 4 nitrogen and oxygen atoms in total. The van der Waals surface area contributed by atoms with E-state index in [1.807, 2.05) is 18.2 Å². The molecule has 17 heavy (non-hydrogen) atoms. The molecular formula is C13H15N3O. The molecule has 0 amide bonds. The number of nitrogens with two attached hydrogens (primary N) is 1. The van der Waals surface area contributed by atoms with Crippen molar-refractivity contribution in [3.63, 3.8) is 0 Å². The van der Waals surface area contributed by atoms with E-state index >= 15 is 0 Å². The van der Waals surface area contributed by atoms with E-state index in [1.165, 1.54) is 18.4 Å². The highest BCUT2D eigenvalue weighted by molar-refractivity contribution is 5.17. The van der Waals surface area contributed by atoms with Crippen LogP contribution < -0.4 is 5.73 Å². The Kier molecular flexibility index (Phi) is 2.65. The van der Waals surface area contributed by atoms with Crippen LogP contribution in [0.2, 0.25) is 0 Å². The predicted molar refractivity (Wildman–Crippen MR) is 63.3 cm³/mol. The average Bonchev–Trinajstić information content (AvgIpc) is 3.08. The Morgan fingerprint density at radius 2 is 2.06 bits per heavy atom. The van der Waals surface area contributed by atoms with Crippen molar-refractivity contribution < 1.29 is 4.52 Å². The highest BCUT2D eigenvalue weighted by Crippen LogP contribution is 2.38. The van der Waals surface area contributed by atoms with Gasteiger partial charge in [0, 0.05) is 5.92 Å². The van der Waals surface area contributed by atoms with Crippen LogP contribution >= 0.6 is 0 Å². The second kappa shape index (κ2) is 4.30. The maximum atomic E-state index is 6.06. The van der Waals surface area contributed by atoms with Gasteiger partial charge in [-0.25, -0.2) is 0 Å². The van der Waals surface area contributed by atoms with Crippen LogP contribution in [-0.4, -0.2) is 10.1 Å². The van der Waals surface area contributed by atoms with Gasteiger partial charge in [-0.15, -0.1) is 0 Å². The summed E-state index contributed by atoms with van der Waals surface area (Å²) in [4.78, 5) is 4.37. The molecule has 2 N–H and O–H groups in total. The van der Waals surface area contributed by atoms with Crippen molar-refractivity contribution in [2.24, 2.45) is 5.73 Å². The van der Waals surface area contributed by atoms with Crippen LogP contribution in [0.5, 0.6) is 0 Å². The van der Waals surface area contributed by atoms with Gasteiger partial charge >= 0.3 is 0 Å². The molecule has 1 heterocycles. The van der Waals surface area contributed by atoms with Crippen LogP contribution in [0.4, 0.5) is 0 Å². The zero-order valence-corrected chi connectivity index (χ0v) is 9.54. The molecule has 0 spiro atoms. The van der Waals surface area contributed by atoms with Crippen molar-refractivity contribution in [2.45, 2.75) is 31.2 Å². The number of rotatable bonds is 4. The number of aromatic nitrogens is 2. The standard InChI is InChI=1S/C13H15N3O/c14-11(8-9-4-2-1-3-5-9)13-15-12(16-17-13)10-6-7-10/h1-5,10-11H,6-8,14H2/t11-/m1/s1. The van der Waals surface area contributed by atoms with Gasteiger partial charge in [-0.2, -0.15) is 4.98 Å². The number of hydrogen-bond donors (Lipinski definition) is 1. The van der Waals surface area contributed by atoms with Crippen LogP contribution in [0.25, 0.3) is 0 Å². The third kappa shape index (κ3) is 2.36. The molecule has 1 fully saturated rings. The lowest BCUT2D eigenvalue weighted by Crippen LogP contribution is -2.13. The molecule has 0 aliphatic heterocycles. The van der Waals surface area contributed by atoms with E-state index < -0.39 is 0 Å². The first-order valence-corrected chi connectivity index (χ1v) is 5.96. The van der Waals surface area contributed by atoms with Gasteiger partial charge in [0.25, 0.3) is 0 Å². The third-order valence-electron chi connectivity index (χ3n) is 3.02. The normalized spacial score (nSPS) is 17.0. The summed E-state index contributed by atoms with van der Waals surface area (Å²) >= 11 is 0. The van der Waals surface area contributed by atoms with Gasteiger partial charge in [0.2, 0.25) is 5.89 Å². The monoisotopic (exact) mass is 229 g/mol. The largest absolute Gasteiger partial charge is 0.338 e. The maximum absolute atomic E-state index is 6.06. The number of hydrogen-bond acceptors (Lipinski definition) is 4. The molecule has 3 rings (SSSR count). The second-order valence-electron chi connectivity index (χ2n) is 4.56. The maximum Gasteiger partial charge on any atom is 0.243 e. The molecule has 1 aromatic heterocycles. The molecule has 0 bridgehead atoms. The zero-order valence-electron chi connectivity index (χ0n) is 9.54. The molecule has 1 aromatic carbocycles. The Labute approximate surface area is 99.8 Å². The van der Waals surface area contributed by atoms with Crippen molar-refractivity contribution >= 4 is 0 Å². The molecule has 88 valence electrons. The number of benzene rings is 1. The molecule has 1 saturated carbocycles. The fourth-order valence-corrected chi connectivity index (χ4v) is 1.86. The minimum Gasteiger partial charge on any atom is -0.338 e. The minimum atomic E-state index is -0.211. The predicted octanol–water partition coefficient (Wildman–Crippen LogP) is 2.19. The molecule has 1 aliphatic carbocycles.